The maximum atomic E-state index is 13.0. The zero-order valence-electron chi connectivity index (χ0n) is 15.2. The number of nitrogens with one attached hydrogen (secondary N) is 2. The normalized spacial score (nSPS) is 22.8. The van der Waals surface area contributed by atoms with E-state index in [0.29, 0.717) is 23.3 Å². The Kier molecular flexibility index (Phi) is 6.12. The fourth-order valence-corrected chi connectivity index (χ4v) is 3.39. The number of anilines is 1. The number of amides is 2. The van der Waals surface area contributed by atoms with E-state index in [2.05, 4.69) is 10.6 Å². The number of fused-ring (bicyclic) bond motifs is 2. The summed E-state index contributed by atoms with van der Waals surface area (Å²) in [5.74, 6) is -0.0755. The van der Waals surface area contributed by atoms with Gasteiger partial charge in [-0.15, -0.1) is 12.4 Å². The van der Waals surface area contributed by atoms with E-state index in [1.807, 2.05) is 37.8 Å². The molecule has 2 N–H and O–H groups in total. The molecule has 3 rings (SSSR count). The van der Waals surface area contributed by atoms with Crippen LogP contribution in [-0.2, 0) is 4.79 Å². The van der Waals surface area contributed by atoms with Gasteiger partial charge < -0.3 is 15.5 Å². The minimum absolute atomic E-state index is 0. The molecule has 0 aromatic heterocycles. The van der Waals surface area contributed by atoms with E-state index in [-0.39, 0.29) is 24.2 Å². The first kappa shape index (κ1) is 19.7. The number of halogens is 1. The highest BCUT2D eigenvalue weighted by Crippen LogP contribution is 2.25. The van der Waals surface area contributed by atoms with Gasteiger partial charge in [-0.25, -0.2) is 0 Å². The van der Waals surface area contributed by atoms with Crippen molar-refractivity contribution in [2.75, 3.05) is 18.4 Å². The van der Waals surface area contributed by atoms with Crippen LogP contribution in [0.25, 0.3) is 0 Å². The van der Waals surface area contributed by atoms with Crippen LogP contribution in [0.15, 0.2) is 24.3 Å². The molecule has 6 heteroatoms. The molecule has 2 bridgehead atoms. The van der Waals surface area contributed by atoms with Gasteiger partial charge in [0, 0.05) is 30.6 Å². The number of benzene rings is 1. The van der Waals surface area contributed by atoms with Gasteiger partial charge in [0.1, 0.15) is 0 Å². The summed E-state index contributed by atoms with van der Waals surface area (Å²) < 4.78 is 0. The summed E-state index contributed by atoms with van der Waals surface area (Å²) in [6, 6.07) is 8.25. The predicted molar refractivity (Wildman–Crippen MR) is 102 cm³/mol. The lowest BCUT2D eigenvalue weighted by Crippen LogP contribution is -2.39. The van der Waals surface area contributed by atoms with E-state index in [9.17, 15) is 9.59 Å². The molecule has 5 nitrogen and oxygen atoms in total. The Labute approximate surface area is 155 Å². The molecule has 1 aromatic carbocycles. The Hall–Kier alpha value is -1.59. The van der Waals surface area contributed by atoms with Crippen LogP contribution in [0.3, 0.4) is 0 Å². The molecule has 25 heavy (non-hydrogen) atoms. The van der Waals surface area contributed by atoms with Gasteiger partial charge in [-0.1, -0.05) is 32.9 Å². The molecule has 2 amide bonds. The van der Waals surface area contributed by atoms with Crippen LogP contribution < -0.4 is 10.6 Å². The Morgan fingerprint density at radius 1 is 1.12 bits per heavy atom. The maximum absolute atomic E-state index is 13.0. The van der Waals surface area contributed by atoms with Gasteiger partial charge >= 0.3 is 0 Å². The van der Waals surface area contributed by atoms with Crippen LogP contribution in [0.5, 0.6) is 0 Å². The second-order valence-electron chi connectivity index (χ2n) is 7.93. The van der Waals surface area contributed by atoms with Crippen LogP contribution in [-0.4, -0.2) is 41.9 Å². The monoisotopic (exact) mass is 365 g/mol. The third-order valence-corrected chi connectivity index (χ3v) is 4.90. The molecular weight excluding hydrogens is 338 g/mol. The highest BCUT2D eigenvalue weighted by molar-refractivity contribution is 6.04. The molecule has 2 unspecified atom stereocenters. The van der Waals surface area contributed by atoms with Crippen molar-refractivity contribution in [3.8, 4) is 0 Å². The Morgan fingerprint density at radius 2 is 1.80 bits per heavy atom. The quantitative estimate of drug-likeness (QED) is 0.846. The summed E-state index contributed by atoms with van der Waals surface area (Å²) in [5.41, 5.74) is 0.680. The number of carbonyl (C=O) groups is 2. The van der Waals surface area contributed by atoms with Crippen molar-refractivity contribution in [3.05, 3.63) is 29.8 Å². The minimum atomic E-state index is -0.498. The van der Waals surface area contributed by atoms with Crippen LogP contribution in [0, 0.1) is 5.41 Å². The Bertz CT molecular complexity index is 642. The molecule has 2 heterocycles. The molecule has 2 aliphatic rings. The van der Waals surface area contributed by atoms with Gasteiger partial charge in [0.15, 0.2) is 0 Å². The van der Waals surface area contributed by atoms with E-state index in [1.54, 1.807) is 12.1 Å². The number of rotatable bonds is 2. The first-order valence-electron chi connectivity index (χ1n) is 8.80. The summed E-state index contributed by atoms with van der Waals surface area (Å²) in [5, 5.41) is 6.51. The molecular formula is C19H28ClN3O2. The molecule has 1 aromatic rings. The molecule has 0 saturated carbocycles. The number of para-hydroxylation sites is 1. The van der Waals surface area contributed by atoms with Crippen molar-refractivity contribution < 1.29 is 9.59 Å². The molecule has 138 valence electrons. The lowest BCUT2D eigenvalue weighted by Gasteiger charge is -2.26. The molecule has 0 spiro atoms. The number of hydrogen-bond donors (Lipinski definition) is 2. The molecule has 2 atom stereocenters. The van der Waals surface area contributed by atoms with E-state index in [0.717, 1.165) is 25.9 Å². The zero-order valence-corrected chi connectivity index (χ0v) is 16.0. The summed E-state index contributed by atoms with van der Waals surface area (Å²) in [6.45, 7) is 7.11. The van der Waals surface area contributed by atoms with Crippen LogP contribution in [0.1, 0.15) is 50.4 Å². The summed E-state index contributed by atoms with van der Waals surface area (Å²) in [4.78, 5) is 27.3. The van der Waals surface area contributed by atoms with E-state index >= 15 is 0 Å². The largest absolute Gasteiger partial charge is 0.337 e. The Balaban J connectivity index is 0.00000225. The van der Waals surface area contributed by atoms with Crippen molar-refractivity contribution in [1.82, 2.24) is 10.2 Å². The number of likely N-dealkylation sites (tertiary alicyclic amines) is 1. The molecule has 2 fully saturated rings. The highest BCUT2D eigenvalue weighted by atomic mass is 35.5. The van der Waals surface area contributed by atoms with Gasteiger partial charge in [-0.05, 0) is 31.4 Å². The van der Waals surface area contributed by atoms with E-state index in [4.69, 9.17) is 0 Å². The highest BCUT2D eigenvalue weighted by Gasteiger charge is 2.32. The fraction of sp³-hybridized carbons (Fsp3) is 0.579. The van der Waals surface area contributed by atoms with E-state index < -0.39 is 5.41 Å². The first-order valence-corrected chi connectivity index (χ1v) is 8.80. The van der Waals surface area contributed by atoms with E-state index in [1.165, 1.54) is 6.42 Å². The van der Waals surface area contributed by atoms with Gasteiger partial charge in [0.25, 0.3) is 5.91 Å². The molecule has 0 radical (unpaired) electrons. The van der Waals surface area contributed by atoms with Crippen molar-refractivity contribution >= 4 is 29.9 Å². The van der Waals surface area contributed by atoms with Crippen molar-refractivity contribution in [1.29, 1.82) is 0 Å². The maximum Gasteiger partial charge on any atom is 0.256 e. The summed E-state index contributed by atoms with van der Waals surface area (Å²) in [7, 11) is 0. The SMILES string of the molecule is CC(C)(C)C(=O)Nc1ccccc1C(=O)N1CCC2CCC(C1)N2.Cl. The molecule has 0 aliphatic carbocycles. The molecule has 2 aliphatic heterocycles. The minimum Gasteiger partial charge on any atom is -0.337 e. The van der Waals surface area contributed by atoms with Crippen LogP contribution in [0.2, 0.25) is 0 Å². The first-order chi connectivity index (χ1) is 11.3. The van der Waals surface area contributed by atoms with Crippen molar-refractivity contribution in [3.63, 3.8) is 0 Å². The predicted octanol–water partition coefficient (Wildman–Crippen LogP) is 3.06. The lowest BCUT2D eigenvalue weighted by atomic mass is 9.95. The Morgan fingerprint density at radius 3 is 2.52 bits per heavy atom. The number of nitrogens with zero attached hydrogens (tertiary/aromatic N) is 1. The van der Waals surface area contributed by atoms with Crippen molar-refractivity contribution in [2.45, 2.75) is 52.1 Å². The van der Waals surface area contributed by atoms with Crippen molar-refractivity contribution in [2.24, 2.45) is 5.41 Å². The smallest absolute Gasteiger partial charge is 0.256 e. The van der Waals surface area contributed by atoms with Crippen LogP contribution in [0.4, 0.5) is 5.69 Å². The average Bonchev–Trinajstić information content (AvgIpc) is 2.85. The van der Waals surface area contributed by atoms with Gasteiger partial charge in [0.05, 0.1) is 11.3 Å². The fourth-order valence-electron chi connectivity index (χ4n) is 3.39. The number of hydrogen-bond acceptors (Lipinski definition) is 3. The molecule has 2 saturated heterocycles. The van der Waals surface area contributed by atoms with Gasteiger partial charge in [-0.2, -0.15) is 0 Å². The summed E-state index contributed by atoms with van der Waals surface area (Å²) >= 11 is 0. The third kappa shape index (κ3) is 4.53. The lowest BCUT2D eigenvalue weighted by molar-refractivity contribution is -0.123. The second kappa shape index (κ2) is 7.75. The average molecular weight is 366 g/mol. The number of carbonyl (C=O) groups excluding carboxylic acids is 2. The topological polar surface area (TPSA) is 61.4 Å². The standard InChI is InChI=1S/C19H27N3O2.ClH/c1-19(2,3)18(24)21-16-7-5-4-6-15(16)17(23)22-11-10-13-8-9-14(12-22)20-13;/h4-7,13-14,20H,8-12H2,1-3H3,(H,21,24);1H. The second-order valence-corrected chi connectivity index (χ2v) is 7.93. The third-order valence-electron chi connectivity index (χ3n) is 4.90. The van der Waals surface area contributed by atoms with Gasteiger partial charge in [0.2, 0.25) is 5.91 Å². The zero-order chi connectivity index (χ0) is 17.3. The summed E-state index contributed by atoms with van der Waals surface area (Å²) in [6.07, 6.45) is 3.35. The van der Waals surface area contributed by atoms with Gasteiger partial charge in [-0.3, -0.25) is 9.59 Å². The van der Waals surface area contributed by atoms with Crippen LogP contribution >= 0.6 is 12.4 Å².